The first kappa shape index (κ1) is 35.9. The van der Waals surface area contributed by atoms with Gasteiger partial charge in [0.15, 0.2) is 8.32 Å². The summed E-state index contributed by atoms with van der Waals surface area (Å²) in [4.78, 5) is 36.4. The van der Waals surface area contributed by atoms with E-state index < -0.39 is 50.5 Å². The molecule has 0 aliphatic carbocycles. The third-order valence-corrected chi connectivity index (χ3v) is 14.6. The minimum Gasteiger partial charge on any atom is -0.459 e. The normalized spacial score (nSPS) is 14.9. The second-order valence-corrected chi connectivity index (χ2v) is 17.9. The van der Waals surface area contributed by atoms with Crippen LogP contribution in [0.1, 0.15) is 53.0 Å². The van der Waals surface area contributed by atoms with Crippen LogP contribution < -0.4 is 5.32 Å². The van der Waals surface area contributed by atoms with Gasteiger partial charge >= 0.3 is 13.6 Å². The van der Waals surface area contributed by atoms with Crippen LogP contribution in [0.4, 0.5) is 5.69 Å². The summed E-state index contributed by atoms with van der Waals surface area (Å²) in [5, 5.41) is 24.1. The van der Waals surface area contributed by atoms with E-state index in [1.54, 1.807) is 6.92 Å². The van der Waals surface area contributed by atoms with Gasteiger partial charge in [-0.3, -0.25) is 19.5 Å². The molecule has 1 rings (SSSR count). The van der Waals surface area contributed by atoms with E-state index in [1.165, 1.54) is 24.3 Å². The number of benzene rings is 1. The number of nitro groups is 1. The van der Waals surface area contributed by atoms with Crippen LogP contribution in [-0.4, -0.2) is 62.9 Å². The standard InChI is InChI=1S/C26H45N2O10PSi/c1-10-21(22(29)15-16-38-40(8,9)26(4,5)18(2)3)23(30)27-24(39(34,35-6)36-7)25(31)37-17-19-11-13-20(14-12-19)28(32)33/h11-14,18,21-22,24,29H,10,15-17H2,1-9H3,(H,27,30)/t21-,22+,24?/m1/s1. The second kappa shape index (κ2) is 15.2. The summed E-state index contributed by atoms with van der Waals surface area (Å²) in [7, 11) is -4.18. The van der Waals surface area contributed by atoms with Crippen LogP contribution in [0.25, 0.3) is 0 Å². The summed E-state index contributed by atoms with van der Waals surface area (Å²) in [5.41, 5.74) is 0.301. The molecule has 1 aromatic rings. The molecular weight excluding hydrogens is 559 g/mol. The number of hydrogen-bond acceptors (Lipinski definition) is 10. The van der Waals surface area contributed by atoms with Crippen molar-refractivity contribution in [3.63, 3.8) is 0 Å². The van der Waals surface area contributed by atoms with Gasteiger partial charge in [-0.2, -0.15) is 0 Å². The van der Waals surface area contributed by atoms with E-state index in [9.17, 15) is 29.4 Å². The Kier molecular flexibility index (Phi) is 13.6. The van der Waals surface area contributed by atoms with Crippen LogP contribution >= 0.6 is 7.60 Å². The third kappa shape index (κ3) is 9.18. The van der Waals surface area contributed by atoms with E-state index in [1.807, 2.05) is 0 Å². The van der Waals surface area contributed by atoms with Gasteiger partial charge in [-0.25, -0.2) is 4.79 Å². The lowest BCUT2D eigenvalue weighted by atomic mass is 9.96. The number of ether oxygens (including phenoxy) is 1. The first-order valence-corrected chi connectivity index (χ1v) is 17.7. The Morgan fingerprint density at radius 3 is 2.15 bits per heavy atom. The third-order valence-electron chi connectivity index (χ3n) is 7.97. The summed E-state index contributed by atoms with van der Waals surface area (Å²) in [6.07, 6.45) is -0.656. The Balaban J connectivity index is 2.96. The zero-order chi connectivity index (χ0) is 30.9. The number of aliphatic hydroxyl groups is 1. The van der Waals surface area contributed by atoms with Crippen molar-refractivity contribution in [3.05, 3.63) is 39.9 Å². The molecule has 2 N–H and O–H groups in total. The monoisotopic (exact) mass is 604 g/mol. The fourth-order valence-electron chi connectivity index (χ4n) is 3.89. The highest BCUT2D eigenvalue weighted by Gasteiger charge is 2.45. The van der Waals surface area contributed by atoms with Crippen molar-refractivity contribution in [2.75, 3.05) is 20.8 Å². The number of aliphatic hydroxyl groups excluding tert-OH is 1. The predicted octanol–water partition coefficient (Wildman–Crippen LogP) is 5.00. The molecule has 0 aliphatic heterocycles. The minimum absolute atomic E-state index is 0.0109. The summed E-state index contributed by atoms with van der Waals surface area (Å²) >= 11 is 0. The van der Waals surface area contributed by atoms with Gasteiger partial charge in [-0.05, 0) is 54.6 Å². The molecule has 0 aromatic heterocycles. The Morgan fingerprint density at radius 1 is 1.15 bits per heavy atom. The molecule has 0 aliphatic rings. The molecule has 1 unspecified atom stereocenters. The van der Waals surface area contributed by atoms with Crippen molar-refractivity contribution >= 4 is 33.5 Å². The van der Waals surface area contributed by atoms with Gasteiger partial charge in [0.2, 0.25) is 11.7 Å². The molecule has 0 saturated carbocycles. The van der Waals surface area contributed by atoms with Gasteiger partial charge in [0.1, 0.15) is 6.61 Å². The van der Waals surface area contributed by atoms with Crippen LogP contribution in [0.5, 0.6) is 0 Å². The van der Waals surface area contributed by atoms with E-state index in [4.69, 9.17) is 18.2 Å². The quantitative estimate of drug-likeness (QED) is 0.0813. The lowest BCUT2D eigenvalue weighted by molar-refractivity contribution is -0.384. The molecule has 228 valence electrons. The van der Waals surface area contributed by atoms with E-state index in [0.717, 1.165) is 14.2 Å². The molecule has 0 saturated heterocycles. The summed E-state index contributed by atoms with van der Waals surface area (Å²) < 4.78 is 34.6. The number of hydrogen-bond donors (Lipinski definition) is 2. The van der Waals surface area contributed by atoms with Crippen molar-refractivity contribution < 1.29 is 42.4 Å². The zero-order valence-electron chi connectivity index (χ0n) is 25.0. The van der Waals surface area contributed by atoms with E-state index in [2.05, 4.69) is 46.1 Å². The maximum Gasteiger partial charge on any atom is 0.363 e. The summed E-state index contributed by atoms with van der Waals surface area (Å²) in [6, 6.07) is 5.32. The van der Waals surface area contributed by atoms with Crippen molar-refractivity contribution in [3.8, 4) is 0 Å². The fourth-order valence-corrected chi connectivity index (χ4v) is 7.47. The van der Waals surface area contributed by atoms with Crippen LogP contribution in [-0.2, 0) is 39.0 Å². The number of rotatable bonds is 17. The maximum absolute atomic E-state index is 13.2. The molecule has 1 amide bonds. The van der Waals surface area contributed by atoms with Gasteiger partial charge in [0, 0.05) is 33.0 Å². The first-order chi connectivity index (χ1) is 18.5. The number of nitro benzene ring substituents is 1. The van der Waals surface area contributed by atoms with E-state index in [-0.39, 0.29) is 36.8 Å². The first-order valence-electron chi connectivity index (χ1n) is 13.2. The lowest BCUT2D eigenvalue weighted by Crippen LogP contribution is -2.48. The van der Waals surface area contributed by atoms with Crippen LogP contribution in [0.15, 0.2) is 24.3 Å². The molecule has 40 heavy (non-hydrogen) atoms. The highest BCUT2D eigenvalue weighted by molar-refractivity contribution is 7.55. The fraction of sp³-hybridized carbons (Fsp3) is 0.692. The van der Waals surface area contributed by atoms with Crippen molar-refractivity contribution in [2.24, 2.45) is 11.8 Å². The lowest BCUT2D eigenvalue weighted by Gasteiger charge is -2.42. The molecule has 3 atom stereocenters. The second-order valence-electron chi connectivity index (χ2n) is 11.0. The highest BCUT2D eigenvalue weighted by atomic mass is 31.2. The Labute approximate surface area is 237 Å². The van der Waals surface area contributed by atoms with Crippen molar-refractivity contribution in [1.29, 1.82) is 0 Å². The van der Waals surface area contributed by atoms with Gasteiger partial charge in [0.05, 0.1) is 16.9 Å². The average molecular weight is 605 g/mol. The number of esters is 1. The molecule has 0 heterocycles. The molecular formula is C26H45N2O10PSi. The molecule has 0 radical (unpaired) electrons. The number of amides is 1. The number of nitrogens with one attached hydrogen (secondary N) is 1. The van der Waals surface area contributed by atoms with Crippen molar-refractivity contribution in [1.82, 2.24) is 5.32 Å². The average Bonchev–Trinajstić information content (AvgIpc) is 2.90. The van der Waals surface area contributed by atoms with Crippen LogP contribution in [0, 0.1) is 22.0 Å². The zero-order valence-corrected chi connectivity index (χ0v) is 26.9. The summed E-state index contributed by atoms with van der Waals surface area (Å²) in [6.45, 7) is 14.6. The number of nitrogens with zero attached hydrogens (tertiary/aromatic N) is 1. The Morgan fingerprint density at radius 2 is 1.70 bits per heavy atom. The predicted molar refractivity (Wildman–Crippen MR) is 153 cm³/mol. The molecule has 0 spiro atoms. The molecule has 1 aromatic carbocycles. The smallest absolute Gasteiger partial charge is 0.363 e. The van der Waals surface area contributed by atoms with E-state index in [0.29, 0.717) is 11.5 Å². The van der Waals surface area contributed by atoms with E-state index >= 15 is 0 Å². The van der Waals surface area contributed by atoms with Gasteiger partial charge < -0.3 is 28.6 Å². The van der Waals surface area contributed by atoms with Gasteiger partial charge in [-0.15, -0.1) is 0 Å². The highest BCUT2D eigenvalue weighted by Crippen LogP contribution is 2.51. The van der Waals surface area contributed by atoms with Gasteiger partial charge in [0.25, 0.3) is 5.69 Å². The SMILES string of the molecule is CC[C@@H](C(=O)NC(C(=O)OCc1ccc([N+](=O)[O-])cc1)P(=O)(OC)OC)[C@@H](O)CCO[Si](C)(C)C(C)(C)C(C)C. The summed E-state index contributed by atoms with van der Waals surface area (Å²) in [5.74, 6) is -4.14. The molecule has 14 heteroatoms. The van der Waals surface area contributed by atoms with Crippen molar-refractivity contribution in [2.45, 2.75) is 84.1 Å². The topological polar surface area (TPSA) is 164 Å². The number of non-ortho nitro benzene ring substituents is 1. The van der Waals surface area contributed by atoms with Gasteiger partial charge in [-0.1, -0.05) is 34.6 Å². The largest absolute Gasteiger partial charge is 0.459 e. The number of carbonyl (C=O) groups excluding carboxylic acids is 2. The Hall–Kier alpha value is -2.15. The molecule has 12 nitrogen and oxygen atoms in total. The Bertz CT molecular complexity index is 1040. The van der Waals surface area contributed by atoms with Crippen LogP contribution in [0.3, 0.4) is 0 Å². The van der Waals surface area contributed by atoms with Crippen LogP contribution in [0.2, 0.25) is 18.1 Å². The minimum atomic E-state index is -4.19. The number of carbonyl (C=O) groups is 2. The molecule has 0 bridgehead atoms. The molecule has 0 fully saturated rings. The maximum atomic E-state index is 13.2.